The lowest BCUT2D eigenvalue weighted by Gasteiger charge is -2.16. The first-order chi connectivity index (χ1) is 13.2. The van der Waals surface area contributed by atoms with Crippen LogP contribution in [0.5, 0.6) is 5.75 Å². The largest absolute Gasteiger partial charge is 0.494 e. The average molecular weight is 421 g/mol. The van der Waals surface area contributed by atoms with Gasteiger partial charge < -0.3 is 15.2 Å². The van der Waals surface area contributed by atoms with Crippen molar-refractivity contribution in [2.24, 2.45) is 10.7 Å². The van der Waals surface area contributed by atoms with E-state index in [0.29, 0.717) is 25.5 Å². The van der Waals surface area contributed by atoms with Gasteiger partial charge in [0.25, 0.3) is 0 Å². The first-order valence-electron chi connectivity index (χ1n) is 9.27. The molecule has 0 bridgehead atoms. The molecule has 0 saturated carbocycles. The van der Waals surface area contributed by atoms with Gasteiger partial charge in [0.2, 0.25) is 0 Å². The molecule has 0 amide bonds. The average Bonchev–Trinajstić information content (AvgIpc) is 2.96. The number of hydrogen-bond donors (Lipinski definition) is 1. The summed E-state index contributed by atoms with van der Waals surface area (Å²) in [6.07, 6.45) is 2.81. The van der Waals surface area contributed by atoms with E-state index in [4.69, 9.17) is 26.8 Å². The molecule has 2 N–H and O–H groups in total. The molecule has 1 aromatic heterocycles. The van der Waals surface area contributed by atoms with E-state index >= 15 is 0 Å². The normalized spacial score (nSPS) is 12.8. The van der Waals surface area contributed by atoms with E-state index in [-0.39, 0.29) is 5.16 Å². The Balaban J connectivity index is 2.38. The van der Waals surface area contributed by atoms with Crippen LogP contribution in [0.2, 0.25) is 25.7 Å². The summed E-state index contributed by atoms with van der Waals surface area (Å²) in [7, 11) is -1.15. The standard InChI is InChI=1S/C20H29ClN4O2Si/c1-6-27-16-7-8-18-17(12-16)20(15(2)11-19(21)23-13-22)25(24-18)14-26-9-10-28(3,4)5/h7-8,11-13H,2,6,9-10,14H2,1,3-5H3,(H2,22,23)/b19-11-. The number of nitrogens with two attached hydrogens (primary N) is 1. The van der Waals surface area contributed by atoms with Crippen molar-refractivity contribution in [3.05, 3.63) is 41.7 Å². The minimum atomic E-state index is -1.15. The van der Waals surface area contributed by atoms with Gasteiger partial charge in [0.15, 0.2) is 0 Å². The molecule has 28 heavy (non-hydrogen) atoms. The number of halogens is 1. The zero-order valence-electron chi connectivity index (χ0n) is 17.0. The van der Waals surface area contributed by atoms with Crippen LogP contribution in [0, 0.1) is 0 Å². The van der Waals surface area contributed by atoms with E-state index in [1.54, 1.807) is 10.8 Å². The van der Waals surface area contributed by atoms with Crippen molar-refractivity contribution in [2.75, 3.05) is 13.2 Å². The van der Waals surface area contributed by atoms with Crippen molar-refractivity contribution in [1.82, 2.24) is 9.78 Å². The van der Waals surface area contributed by atoms with Crippen molar-refractivity contribution in [2.45, 2.75) is 39.3 Å². The molecule has 0 unspecified atom stereocenters. The first kappa shape index (κ1) is 22.2. The summed E-state index contributed by atoms with van der Waals surface area (Å²) in [6.45, 7) is 14.7. The number of aliphatic imine (C=N–C) groups is 1. The van der Waals surface area contributed by atoms with E-state index < -0.39 is 8.07 Å². The molecule has 1 heterocycles. The SMILES string of the molecule is C=C(/C=C(Cl)\N=C/N)c1c2cc(OCC)ccc2nn1COCC[Si](C)(C)C. The van der Waals surface area contributed by atoms with Gasteiger partial charge >= 0.3 is 0 Å². The van der Waals surface area contributed by atoms with Crippen LogP contribution in [0.3, 0.4) is 0 Å². The molecule has 0 aliphatic rings. The van der Waals surface area contributed by atoms with Gasteiger partial charge in [0.1, 0.15) is 17.6 Å². The van der Waals surface area contributed by atoms with Crippen LogP contribution in [0.1, 0.15) is 12.6 Å². The summed E-state index contributed by atoms with van der Waals surface area (Å²) >= 11 is 6.10. The molecule has 0 aliphatic carbocycles. The number of nitrogens with zero attached hydrogens (tertiary/aromatic N) is 3. The second-order valence-corrected chi connectivity index (χ2v) is 13.6. The molecule has 6 nitrogen and oxygen atoms in total. The van der Waals surface area contributed by atoms with Crippen molar-refractivity contribution < 1.29 is 9.47 Å². The lowest BCUT2D eigenvalue weighted by Crippen LogP contribution is -2.22. The Hall–Kier alpha value is -2.09. The number of hydrogen-bond acceptors (Lipinski definition) is 4. The maximum Gasteiger partial charge on any atom is 0.140 e. The third-order valence-corrected chi connectivity index (χ3v) is 5.94. The monoisotopic (exact) mass is 420 g/mol. The van der Waals surface area contributed by atoms with Crippen LogP contribution >= 0.6 is 11.6 Å². The van der Waals surface area contributed by atoms with E-state index in [1.165, 1.54) is 0 Å². The second-order valence-electron chi connectivity index (χ2n) is 7.58. The Morgan fingerprint density at radius 3 is 2.79 bits per heavy atom. The Kier molecular flexibility index (Phi) is 7.85. The van der Waals surface area contributed by atoms with Crippen molar-refractivity contribution >= 4 is 42.5 Å². The van der Waals surface area contributed by atoms with Gasteiger partial charge in [0, 0.05) is 20.1 Å². The third kappa shape index (κ3) is 6.22. The summed E-state index contributed by atoms with van der Waals surface area (Å²) in [4.78, 5) is 3.87. The molecule has 152 valence electrons. The van der Waals surface area contributed by atoms with E-state index in [9.17, 15) is 0 Å². The fourth-order valence-corrected chi connectivity index (χ4v) is 3.59. The maximum atomic E-state index is 6.10. The molecule has 0 spiro atoms. The minimum Gasteiger partial charge on any atom is -0.494 e. The van der Waals surface area contributed by atoms with Crippen LogP contribution in [0.25, 0.3) is 16.5 Å². The molecule has 0 aliphatic heterocycles. The quantitative estimate of drug-likeness (QED) is 0.149. The molecule has 0 atom stereocenters. The summed E-state index contributed by atoms with van der Waals surface area (Å²) < 4.78 is 13.3. The van der Waals surface area contributed by atoms with Crippen molar-refractivity contribution in [3.63, 3.8) is 0 Å². The summed E-state index contributed by atoms with van der Waals surface area (Å²) in [5.41, 5.74) is 7.63. The fourth-order valence-electron chi connectivity index (χ4n) is 2.65. The molecule has 0 saturated heterocycles. The number of benzene rings is 1. The lowest BCUT2D eigenvalue weighted by molar-refractivity contribution is 0.0785. The topological polar surface area (TPSA) is 74.7 Å². The van der Waals surface area contributed by atoms with Crippen LogP contribution in [0.15, 0.2) is 41.0 Å². The van der Waals surface area contributed by atoms with Gasteiger partial charge in [-0.2, -0.15) is 5.10 Å². The van der Waals surface area contributed by atoms with Crippen LogP contribution in [-0.2, 0) is 11.5 Å². The molecule has 1 aromatic carbocycles. The van der Waals surface area contributed by atoms with Gasteiger partial charge in [-0.05, 0) is 42.8 Å². The predicted octanol–water partition coefficient (Wildman–Crippen LogP) is 4.83. The number of rotatable bonds is 10. The molecule has 2 aromatic rings. The smallest absolute Gasteiger partial charge is 0.140 e. The second kappa shape index (κ2) is 9.91. The zero-order valence-corrected chi connectivity index (χ0v) is 18.8. The Labute approximate surface area is 172 Å². The Bertz CT molecular complexity index is 884. The molecule has 8 heteroatoms. The molecular weight excluding hydrogens is 392 g/mol. The number of fused-ring (bicyclic) bond motifs is 1. The highest BCUT2D eigenvalue weighted by Crippen LogP contribution is 2.30. The van der Waals surface area contributed by atoms with Gasteiger partial charge in [-0.3, -0.25) is 0 Å². The lowest BCUT2D eigenvalue weighted by atomic mass is 10.1. The minimum absolute atomic E-state index is 0.244. The van der Waals surface area contributed by atoms with Crippen LogP contribution in [0.4, 0.5) is 0 Å². The number of allylic oxidation sites excluding steroid dienone is 2. The molecule has 0 radical (unpaired) electrons. The number of ether oxygens (including phenoxy) is 2. The molecular formula is C20H29ClN4O2Si. The van der Waals surface area contributed by atoms with Gasteiger partial charge in [-0.15, -0.1) is 0 Å². The third-order valence-electron chi connectivity index (χ3n) is 4.03. The summed E-state index contributed by atoms with van der Waals surface area (Å²) in [5, 5.41) is 5.84. The van der Waals surface area contributed by atoms with Crippen molar-refractivity contribution in [3.8, 4) is 5.75 Å². The fraction of sp³-hybridized carbons (Fsp3) is 0.400. The molecule has 0 fully saturated rings. The summed E-state index contributed by atoms with van der Waals surface area (Å²) in [5.74, 6) is 0.776. The van der Waals surface area contributed by atoms with Crippen molar-refractivity contribution in [1.29, 1.82) is 0 Å². The highest BCUT2D eigenvalue weighted by molar-refractivity contribution is 6.76. The Morgan fingerprint density at radius 1 is 1.39 bits per heavy atom. The van der Waals surface area contributed by atoms with Crippen LogP contribution < -0.4 is 10.5 Å². The maximum absolute atomic E-state index is 6.10. The Morgan fingerprint density at radius 2 is 2.14 bits per heavy atom. The summed E-state index contributed by atoms with van der Waals surface area (Å²) in [6, 6.07) is 6.89. The highest BCUT2D eigenvalue weighted by atomic mass is 35.5. The van der Waals surface area contributed by atoms with E-state index in [2.05, 4.69) is 36.3 Å². The molecule has 2 rings (SSSR count). The van der Waals surface area contributed by atoms with E-state index in [0.717, 1.165) is 34.7 Å². The van der Waals surface area contributed by atoms with Gasteiger partial charge in [-0.25, -0.2) is 9.67 Å². The zero-order chi connectivity index (χ0) is 20.7. The number of aromatic nitrogens is 2. The predicted molar refractivity (Wildman–Crippen MR) is 121 cm³/mol. The van der Waals surface area contributed by atoms with Gasteiger partial charge in [-0.1, -0.05) is 37.8 Å². The van der Waals surface area contributed by atoms with E-state index in [1.807, 2.05) is 25.1 Å². The van der Waals surface area contributed by atoms with Gasteiger partial charge in [0.05, 0.1) is 24.2 Å². The van der Waals surface area contributed by atoms with Crippen LogP contribution in [-0.4, -0.2) is 37.4 Å². The highest BCUT2D eigenvalue weighted by Gasteiger charge is 2.16. The first-order valence-corrected chi connectivity index (χ1v) is 13.4.